The van der Waals surface area contributed by atoms with Crippen molar-refractivity contribution in [1.82, 2.24) is 19.7 Å². The van der Waals surface area contributed by atoms with Crippen molar-refractivity contribution >= 4 is 22.7 Å². The van der Waals surface area contributed by atoms with Gasteiger partial charge >= 0.3 is 0 Å². The van der Waals surface area contributed by atoms with Crippen LogP contribution in [0.1, 0.15) is 24.8 Å². The Morgan fingerprint density at radius 3 is 2.68 bits per heavy atom. The summed E-state index contributed by atoms with van der Waals surface area (Å²) in [6.45, 7) is 0. The summed E-state index contributed by atoms with van der Waals surface area (Å²) in [6, 6.07) is 13.5. The van der Waals surface area contributed by atoms with Gasteiger partial charge in [0.05, 0.1) is 16.7 Å². The lowest BCUT2D eigenvalue weighted by molar-refractivity contribution is 0.391. The minimum Gasteiger partial charge on any atom is -0.338 e. The van der Waals surface area contributed by atoms with Crippen LogP contribution in [0.15, 0.2) is 63.0 Å². The van der Waals surface area contributed by atoms with Crippen LogP contribution in [0.25, 0.3) is 22.3 Å². The molecular weight excluding hydrogens is 379 g/mol. The molecular formula is C20H15FN4O2S. The Kier molecular flexibility index (Phi) is 4.20. The highest BCUT2D eigenvalue weighted by atomic mass is 32.2. The molecule has 5 rings (SSSR count). The average molecular weight is 394 g/mol. The summed E-state index contributed by atoms with van der Waals surface area (Å²) in [4.78, 5) is 21.9. The molecule has 0 atom stereocenters. The van der Waals surface area contributed by atoms with E-state index >= 15 is 0 Å². The lowest BCUT2D eigenvalue weighted by atomic mass is 10.2. The summed E-state index contributed by atoms with van der Waals surface area (Å²) >= 11 is 1.40. The second-order valence-electron chi connectivity index (χ2n) is 6.63. The Hall–Kier alpha value is -3.00. The maximum Gasteiger partial charge on any atom is 0.262 e. The number of benzene rings is 2. The third-order valence-corrected chi connectivity index (χ3v) is 5.52. The van der Waals surface area contributed by atoms with Crippen LogP contribution in [0.5, 0.6) is 0 Å². The summed E-state index contributed by atoms with van der Waals surface area (Å²) in [5, 5.41) is 5.25. The standard InChI is InChI=1S/C20H15FN4O2S/c21-13-7-5-12(6-8-13)18-23-17(27-24-18)11-28-20-22-16-4-2-1-3-15(16)19(26)25(20)14-9-10-14/h1-8,14H,9-11H2. The second-order valence-corrected chi connectivity index (χ2v) is 7.57. The number of fused-ring (bicyclic) bond motifs is 1. The van der Waals surface area contributed by atoms with Crippen LogP contribution in [0, 0.1) is 5.82 Å². The van der Waals surface area contributed by atoms with Crippen LogP contribution in [0.2, 0.25) is 0 Å². The molecule has 8 heteroatoms. The van der Waals surface area contributed by atoms with Crippen molar-refractivity contribution in [2.24, 2.45) is 0 Å². The monoisotopic (exact) mass is 394 g/mol. The van der Waals surface area contributed by atoms with E-state index in [2.05, 4.69) is 15.1 Å². The third-order valence-electron chi connectivity index (χ3n) is 4.58. The van der Waals surface area contributed by atoms with Gasteiger partial charge in [-0.05, 0) is 49.2 Å². The van der Waals surface area contributed by atoms with E-state index in [-0.39, 0.29) is 17.4 Å². The van der Waals surface area contributed by atoms with E-state index in [0.717, 1.165) is 12.8 Å². The van der Waals surface area contributed by atoms with E-state index < -0.39 is 0 Å². The molecule has 28 heavy (non-hydrogen) atoms. The van der Waals surface area contributed by atoms with Gasteiger partial charge in [0.15, 0.2) is 5.16 Å². The first kappa shape index (κ1) is 17.1. The van der Waals surface area contributed by atoms with Gasteiger partial charge in [-0.15, -0.1) is 0 Å². The first-order chi connectivity index (χ1) is 13.7. The molecule has 4 aromatic rings. The lowest BCUT2D eigenvalue weighted by Crippen LogP contribution is -2.22. The summed E-state index contributed by atoms with van der Waals surface area (Å²) in [7, 11) is 0. The van der Waals surface area contributed by atoms with Crippen LogP contribution in [0.4, 0.5) is 4.39 Å². The quantitative estimate of drug-likeness (QED) is 0.373. The highest BCUT2D eigenvalue weighted by molar-refractivity contribution is 7.98. The Morgan fingerprint density at radius 2 is 1.89 bits per heavy atom. The number of halogens is 1. The van der Waals surface area contributed by atoms with E-state index in [1.165, 1.54) is 23.9 Å². The van der Waals surface area contributed by atoms with Crippen molar-refractivity contribution in [3.8, 4) is 11.4 Å². The van der Waals surface area contributed by atoms with Crippen molar-refractivity contribution in [2.45, 2.75) is 29.8 Å². The van der Waals surface area contributed by atoms with Gasteiger partial charge in [0, 0.05) is 11.6 Å². The Bertz CT molecular complexity index is 1220. The van der Waals surface area contributed by atoms with Gasteiger partial charge in [-0.25, -0.2) is 9.37 Å². The van der Waals surface area contributed by atoms with Gasteiger partial charge in [0.25, 0.3) is 5.56 Å². The molecule has 1 fully saturated rings. The molecule has 0 radical (unpaired) electrons. The van der Waals surface area contributed by atoms with Crippen molar-refractivity contribution in [3.05, 3.63) is 70.6 Å². The van der Waals surface area contributed by atoms with Crippen molar-refractivity contribution in [2.75, 3.05) is 0 Å². The number of nitrogens with zero attached hydrogens (tertiary/aromatic N) is 4. The fourth-order valence-corrected chi connectivity index (χ4v) is 3.94. The molecule has 1 aliphatic carbocycles. The smallest absolute Gasteiger partial charge is 0.262 e. The number of aromatic nitrogens is 4. The number of hydrogen-bond donors (Lipinski definition) is 0. The van der Waals surface area contributed by atoms with Crippen LogP contribution < -0.4 is 5.56 Å². The zero-order chi connectivity index (χ0) is 19.1. The third kappa shape index (κ3) is 3.20. The molecule has 0 unspecified atom stereocenters. The fraction of sp³-hybridized carbons (Fsp3) is 0.200. The van der Waals surface area contributed by atoms with Gasteiger partial charge in [-0.1, -0.05) is 29.1 Å². The molecule has 2 aromatic carbocycles. The van der Waals surface area contributed by atoms with Crippen LogP contribution >= 0.6 is 11.8 Å². The Labute approximate surface area is 163 Å². The van der Waals surface area contributed by atoms with E-state index in [1.807, 2.05) is 24.3 Å². The summed E-state index contributed by atoms with van der Waals surface area (Å²) in [6.07, 6.45) is 1.98. The number of para-hydroxylation sites is 1. The van der Waals surface area contributed by atoms with Gasteiger partial charge in [-0.2, -0.15) is 4.98 Å². The van der Waals surface area contributed by atoms with Gasteiger partial charge in [-0.3, -0.25) is 9.36 Å². The molecule has 0 bridgehead atoms. The molecule has 2 heterocycles. The Morgan fingerprint density at radius 1 is 1.11 bits per heavy atom. The predicted octanol–water partition coefficient (Wildman–Crippen LogP) is 4.21. The molecule has 140 valence electrons. The Balaban J connectivity index is 1.43. The molecule has 1 aliphatic rings. The number of hydrogen-bond acceptors (Lipinski definition) is 6. The molecule has 0 saturated heterocycles. The lowest BCUT2D eigenvalue weighted by Gasteiger charge is -2.11. The fourth-order valence-electron chi connectivity index (χ4n) is 3.04. The van der Waals surface area contributed by atoms with E-state index in [9.17, 15) is 9.18 Å². The van der Waals surface area contributed by atoms with Crippen LogP contribution in [0.3, 0.4) is 0 Å². The maximum atomic E-state index is 13.1. The maximum absolute atomic E-state index is 13.1. The number of rotatable bonds is 5. The molecule has 0 N–H and O–H groups in total. The zero-order valence-corrected chi connectivity index (χ0v) is 15.5. The highest BCUT2D eigenvalue weighted by Crippen LogP contribution is 2.37. The van der Waals surface area contributed by atoms with Crippen LogP contribution in [-0.2, 0) is 5.75 Å². The van der Waals surface area contributed by atoms with E-state index in [1.54, 1.807) is 16.7 Å². The van der Waals surface area contributed by atoms with E-state index in [4.69, 9.17) is 4.52 Å². The van der Waals surface area contributed by atoms with Gasteiger partial charge in [0.2, 0.25) is 11.7 Å². The predicted molar refractivity (Wildman–Crippen MR) is 104 cm³/mol. The first-order valence-electron chi connectivity index (χ1n) is 8.91. The SMILES string of the molecule is O=c1c2ccccc2nc(SCc2nc(-c3ccc(F)cc3)no2)n1C1CC1. The van der Waals surface area contributed by atoms with Crippen LogP contribution in [-0.4, -0.2) is 19.7 Å². The normalized spacial score (nSPS) is 13.9. The largest absolute Gasteiger partial charge is 0.338 e. The second kappa shape index (κ2) is 6.87. The molecule has 0 spiro atoms. The minimum atomic E-state index is -0.316. The first-order valence-corrected chi connectivity index (χ1v) is 9.90. The van der Waals surface area contributed by atoms with Gasteiger partial charge < -0.3 is 4.52 Å². The molecule has 6 nitrogen and oxygen atoms in total. The molecule has 1 saturated carbocycles. The molecule has 0 aliphatic heterocycles. The van der Waals surface area contributed by atoms with Crippen molar-refractivity contribution in [3.63, 3.8) is 0 Å². The van der Waals surface area contributed by atoms with Crippen molar-refractivity contribution < 1.29 is 8.91 Å². The highest BCUT2D eigenvalue weighted by Gasteiger charge is 2.28. The topological polar surface area (TPSA) is 73.8 Å². The number of thioether (sulfide) groups is 1. The van der Waals surface area contributed by atoms with E-state index in [0.29, 0.717) is 39.1 Å². The summed E-state index contributed by atoms with van der Waals surface area (Å²) < 4.78 is 20.2. The zero-order valence-electron chi connectivity index (χ0n) is 14.7. The molecule has 2 aromatic heterocycles. The minimum absolute atomic E-state index is 0.00636. The van der Waals surface area contributed by atoms with Crippen molar-refractivity contribution in [1.29, 1.82) is 0 Å². The molecule has 0 amide bonds. The summed E-state index contributed by atoms with van der Waals surface area (Å²) in [5.74, 6) is 0.908. The van der Waals surface area contributed by atoms with Gasteiger partial charge in [0.1, 0.15) is 5.82 Å². The summed E-state index contributed by atoms with van der Waals surface area (Å²) in [5.41, 5.74) is 1.36. The average Bonchev–Trinajstić information content (AvgIpc) is 3.43.